The van der Waals surface area contributed by atoms with Gasteiger partial charge in [-0.05, 0) is 46.0 Å². The zero-order valence-corrected chi connectivity index (χ0v) is 13.1. The summed E-state index contributed by atoms with van der Waals surface area (Å²) in [6.07, 6.45) is 4.61. The van der Waals surface area contributed by atoms with Gasteiger partial charge in [-0.2, -0.15) is 0 Å². The average Bonchev–Trinajstić information content (AvgIpc) is 2.16. The van der Waals surface area contributed by atoms with Gasteiger partial charge in [0.2, 0.25) is 0 Å². The van der Waals surface area contributed by atoms with Crippen molar-refractivity contribution in [3.8, 4) is 0 Å². The highest BCUT2D eigenvalue weighted by Crippen LogP contribution is 2.19. The van der Waals surface area contributed by atoms with E-state index in [9.17, 15) is 4.79 Å². The van der Waals surface area contributed by atoms with Gasteiger partial charge in [0, 0.05) is 18.6 Å². The Hall–Kier alpha value is -0.770. The lowest BCUT2D eigenvalue weighted by atomic mass is 9.91. The second kappa shape index (κ2) is 7.13. The summed E-state index contributed by atoms with van der Waals surface area (Å²) in [5.41, 5.74) is -0.432. The molecule has 4 nitrogen and oxygen atoms in total. The third-order valence-electron chi connectivity index (χ3n) is 3.22. The molecule has 1 aliphatic carbocycles. The van der Waals surface area contributed by atoms with E-state index in [4.69, 9.17) is 4.74 Å². The summed E-state index contributed by atoms with van der Waals surface area (Å²) in [7, 11) is 0. The van der Waals surface area contributed by atoms with Gasteiger partial charge in [-0.3, -0.25) is 0 Å². The van der Waals surface area contributed by atoms with Crippen molar-refractivity contribution in [2.24, 2.45) is 5.92 Å². The van der Waals surface area contributed by atoms with Crippen LogP contribution in [-0.4, -0.2) is 30.3 Å². The monoisotopic (exact) mass is 270 g/mol. The Bertz CT molecular complexity index is 280. The lowest BCUT2D eigenvalue weighted by molar-refractivity contribution is 0.0518. The van der Waals surface area contributed by atoms with E-state index in [0.717, 1.165) is 6.42 Å². The first-order valence-corrected chi connectivity index (χ1v) is 7.49. The van der Waals surface area contributed by atoms with Crippen LogP contribution in [0.15, 0.2) is 0 Å². The summed E-state index contributed by atoms with van der Waals surface area (Å²) in [6, 6.07) is 0.988. The van der Waals surface area contributed by atoms with Crippen LogP contribution in [0.3, 0.4) is 0 Å². The summed E-state index contributed by atoms with van der Waals surface area (Å²) in [5, 5.41) is 6.51. The van der Waals surface area contributed by atoms with Crippen molar-refractivity contribution in [2.45, 2.75) is 78.0 Å². The molecule has 0 spiro atoms. The van der Waals surface area contributed by atoms with Gasteiger partial charge in [0.1, 0.15) is 5.60 Å². The van der Waals surface area contributed by atoms with Crippen LogP contribution >= 0.6 is 0 Å². The van der Waals surface area contributed by atoms with Crippen molar-refractivity contribution in [2.75, 3.05) is 6.54 Å². The fraction of sp³-hybridized carbons (Fsp3) is 0.933. The average molecular weight is 270 g/mol. The Morgan fingerprint density at radius 3 is 2.37 bits per heavy atom. The van der Waals surface area contributed by atoms with Crippen LogP contribution in [-0.2, 0) is 4.74 Å². The van der Waals surface area contributed by atoms with E-state index in [1.165, 1.54) is 19.3 Å². The van der Waals surface area contributed by atoms with Crippen molar-refractivity contribution in [1.29, 1.82) is 0 Å². The number of rotatable bonds is 6. The van der Waals surface area contributed by atoms with Crippen LogP contribution in [0, 0.1) is 5.92 Å². The minimum atomic E-state index is -0.432. The van der Waals surface area contributed by atoms with Crippen molar-refractivity contribution in [3.63, 3.8) is 0 Å². The minimum absolute atomic E-state index is 0.323. The first-order valence-electron chi connectivity index (χ1n) is 7.49. The molecule has 19 heavy (non-hydrogen) atoms. The van der Waals surface area contributed by atoms with Crippen molar-refractivity contribution >= 4 is 6.09 Å². The number of hydrogen-bond acceptors (Lipinski definition) is 3. The Labute approximate surface area is 117 Å². The molecule has 1 saturated carbocycles. The highest BCUT2D eigenvalue weighted by molar-refractivity contribution is 5.67. The number of alkyl carbamates (subject to hydrolysis) is 1. The number of hydrogen-bond donors (Lipinski definition) is 2. The molecular weight excluding hydrogens is 240 g/mol. The summed E-state index contributed by atoms with van der Waals surface area (Å²) >= 11 is 0. The van der Waals surface area contributed by atoms with Gasteiger partial charge in [-0.15, -0.1) is 0 Å². The first-order chi connectivity index (χ1) is 8.76. The predicted molar refractivity (Wildman–Crippen MR) is 78.3 cm³/mol. The van der Waals surface area contributed by atoms with Gasteiger partial charge < -0.3 is 15.4 Å². The maximum Gasteiger partial charge on any atom is 0.407 e. The van der Waals surface area contributed by atoms with Gasteiger partial charge in [0.25, 0.3) is 0 Å². The quantitative estimate of drug-likeness (QED) is 0.780. The molecule has 0 radical (unpaired) electrons. The van der Waals surface area contributed by atoms with Crippen LogP contribution < -0.4 is 10.6 Å². The lowest BCUT2D eigenvalue weighted by Gasteiger charge is -2.32. The van der Waals surface area contributed by atoms with Gasteiger partial charge in [-0.25, -0.2) is 4.79 Å². The number of amides is 1. The van der Waals surface area contributed by atoms with Gasteiger partial charge in [0.15, 0.2) is 0 Å². The largest absolute Gasteiger partial charge is 0.444 e. The molecule has 1 rings (SSSR count). The van der Waals surface area contributed by atoms with Crippen LogP contribution in [0.2, 0.25) is 0 Å². The van der Waals surface area contributed by atoms with Crippen LogP contribution in [0.25, 0.3) is 0 Å². The summed E-state index contributed by atoms with van der Waals surface area (Å²) in [5.74, 6) is 0.623. The van der Waals surface area contributed by atoms with E-state index in [2.05, 4.69) is 24.5 Å². The molecule has 0 heterocycles. The normalized spacial score (nSPS) is 18.0. The van der Waals surface area contributed by atoms with Gasteiger partial charge in [0.05, 0.1) is 0 Å². The predicted octanol–water partition coefficient (Wildman–Crippen LogP) is 3.07. The Balaban J connectivity index is 2.32. The highest BCUT2D eigenvalue weighted by Gasteiger charge is 2.23. The Morgan fingerprint density at radius 1 is 1.32 bits per heavy atom. The molecule has 0 aromatic carbocycles. The fourth-order valence-electron chi connectivity index (χ4n) is 2.21. The molecular formula is C15H30N2O2. The zero-order valence-electron chi connectivity index (χ0n) is 13.1. The Kier molecular flexibility index (Phi) is 6.11. The molecule has 4 heteroatoms. The van der Waals surface area contributed by atoms with Crippen LogP contribution in [0.5, 0.6) is 0 Å². The van der Waals surface area contributed by atoms with Crippen LogP contribution in [0.1, 0.15) is 60.3 Å². The van der Waals surface area contributed by atoms with E-state index in [-0.39, 0.29) is 6.09 Å². The van der Waals surface area contributed by atoms with E-state index >= 15 is 0 Å². The number of carbonyl (C=O) groups is 1. The Morgan fingerprint density at radius 2 is 1.95 bits per heavy atom. The standard InChI is InChI=1S/C15H30N2O2/c1-11(2)9-13(17-12-7-6-8-12)10-16-14(18)19-15(3,4)5/h11-13,17H,6-10H2,1-5H3,(H,16,18). The zero-order chi connectivity index (χ0) is 14.5. The maximum absolute atomic E-state index is 11.7. The van der Waals surface area contributed by atoms with E-state index in [1.807, 2.05) is 20.8 Å². The summed E-state index contributed by atoms with van der Waals surface area (Å²) < 4.78 is 5.26. The fourth-order valence-corrected chi connectivity index (χ4v) is 2.21. The topological polar surface area (TPSA) is 50.4 Å². The molecule has 0 aliphatic heterocycles. The third-order valence-corrected chi connectivity index (χ3v) is 3.22. The molecule has 1 amide bonds. The number of nitrogens with one attached hydrogen (secondary N) is 2. The first kappa shape index (κ1) is 16.3. The summed E-state index contributed by atoms with van der Waals surface area (Å²) in [4.78, 5) is 11.7. The molecule has 0 aromatic rings. The van der Waals surface area contributed by atoms with E-state index < -0.39 is 5.60 Å². The summed E-state index contributed by atoms with van der Waals surface area (Å²) in [6.45, 7) is 10.7. The number of carbonyl (C=O) groups excluding carboxylic acids is 1. The van der Waals surface area contributed by atoms with Crippen molar-refractivity contribution in [3.05, 3.63) is 0 Å². The van der Waals surface area contributed by atoms with Gasteiger partial charge in [-0.1, -0.05) is 20.3 Å². The van der Waals surface area contributed by atoms with E-state index in [0.29, 0.717) is 24.5 Å². The maximum atomic E-state index is 11.7. The third kappa shape index (κ3) is 7.41. The van der Waals surface area contributed by atoms with Crippen molar-refractivity contribution in [1.82, 2.24) is 10.6 Å². The molecule has 1 aliphatic rings. The molecule has 1 atom stereocenters. The van der Waals surface area contributed by atoms with Crippen molar-refractivity contribution < 1.29 is 9.53 Å². The molecule has 0 aromatic heterocycles. The molecule has 2 N–H and O–H groups in total. The molecule has 1 fully saturated rings. The second-order valence-corrected chi connectivity index (χ2v) is 7.00. The van der Waals surface area contributed by atoms with E-state index in [1.54, 1.807) is 0 Å². The molecule has 1 unspecified atom stereocenters. The number of ether oxygens (including phenoxy) is 1. The van der Waals surface area contributed by atoms with Gasteiger partial charge >= 0.3 is 6.09 Å². The molecule has 0 saturated heterocycles. The molecule has 112 valence electrons. The smallest absolute Gasteiger partial charge is 0.407 e. The lowest BCUT2D eigenvalue weighted by Crippen LogP contribution is -2.49. The SMILES string of the molecule is CC(C)CC(CNC(=O)OC(C)(C)C)NC1CCC1. The molecule has 0 bridgehead atoms. The van der Waals surface area contributed by atoms with Crippen LogP contribution in [0.4, 0.5) is 4.79 Å². The highest BCUT2D eigenvalue weighted by atomic mass is 16.6. The second-order valence-electron chi connectivity index (χ2n) is 7.00. The minimum Gasteiger partial charge on any atom is -0.444 e.